The van der Waals surface area contributed by atoms with Crippen LogP contribution in [-0.2, 0) is 4.79 Å². The first kappa shape index (κ1) is 9.92. The van der Waals surface area contributed by atoms with Crippen LogP contribution in [0.1, 0.15) is 12.5 Å². The summed E-state index contributed by atoms with van der Waals surface area (Å²) >= 11 is 3.27. The number of nitrogen functional groups attached to an aromatic ring is 1. The van der Waals surface area contributed by atoms with Gasteiger partial charge in [-0.3, -0.25) is 4.79 Å². The van der Waals surface area contributed by atoms with Crippen molar-refractivity contribution < 1.29 is 4.79 Å². The van der Waals surface area contributed by atoms with Crippen LogP contribution < -0.4 is 5.73 Å². The van der Waals surface area contributed by atoms with Crippen molar-refractivity contribution in [1.82, 2.24) is 4.98 Å². The van der Waals surface area contributed by atoms with Gasteiger partial charge >= 0.3 is 0 Å². The van der Waals surface area contributed by atoms with Crippen LogP contribution in [0.3, 0.4) is 0 Å². The second kappa shape index (κ2) is 4.18. The van der Waals surface area contributed by atoms with Crippen molar-refractivity contribution in [2.75, 3.05) is 5.73 Å². The number of ketones is 1. The Balaban J connectivity index is 3.00. The number of nitrogens with zero attached hydrogens (tertiary/aromatic N) is 1. The molecule has 1 rings (SSSR count). The lowest BCUT2D eigenvalue weighted by atomic mass is 10.2. The van der Waals surface area contributed by atoms with Gasteiger partial charge in [-0.25, -0.2) is 4.98 Å². The lowest BCUT2D eigenvalue weighted by Crippen LogP contribution is -1.93. The van der Waals surface area contributed by atoms with Crippen LogP contribution in [0.15, 0.2) is 22.8 Å². The van der Waals surface area contributed by atoms with E-state index in [4.69, 9.17) is 5.73 Å². The summed E-state index contributed by atoms with van der Waals surface area (Å²) in [7, 11) is 0. The number of carbonyl (C=O) groups excluding carboxylic acids is 1. The van der Waals surface area contributed by atoms with Crippen LogP contribution >= 0.6 is 15.9 Å². The summed E-state index contributed by atoms with van der Waals surface area (Å²) in [5.41, 5.74) is 6.32. The van der Waals surface area contributed by atoms with Crippen LogP contribution in [-0.4, -0.2) is 10.8 Å². The second-order valence-electron chi connectivity index (χ2n) is 2.57. The number of halogens is 1. The monoisotopic (exact) mass is 240 g/mol. The maximum absolute atomic E-state index is 10.7. The summed E-state index contributed by atoms with van der Waals surface area (Å²) in [6, 6.07) is 1.81. The smallest absolute Gasteiger partial charge is 0.152 e. The van der Waals surface area contributed by atoms with Gasteiger partial charge < -0.3 is 5.73 Å². The zero-order valence-electron chi connectivity index (χ0n) is 7.12. The molecule has 0 aliphatic carbocycles. The minimum Gasteiger partial charge on any atom is -0.383 e. The average Bonchev–Trinajstić information content (AvgIpc) is 2.06. The molecule has 1 aromatic heterocycles. The van der Waals surface area contributed by atoms with Gasteiger partial charge in [0.25, 0.3) is 0 Å². The van der Waals surface area contributed by atoms with E-state index in [1.54, 1.807) is 12.3 Å². The standard InChI is InChI=1S/C9H9BrN2O/c1-6(13)2-3-7-4-8(10)5-12-9(7)11/h2-5H,1H3,(H2,11,12)/b3-2+. The Morgan fingerprint density at radius 3 is 3.00 bits per heavy atom. The largest absolute Gasteiger partial charge is 0.383 e. The number of aromatic nitrogens is 1. The lowest BCUT2D eigenvalue weighted by molar-refractivity contribution is -0.112. The van der Waals surface area contributed by atoms with Gasteiger partial charge in [0.15, 0.2) is 5.78 Å². The summed E-state index contributed by atoms with van der Waals surface area (Å²) in [4.78, 5) is 14.6. The molecule has 68 valence electrons. The maximum atomic E-state index is 10.7. The molecule has 3 nitrogen and oxygen atoms in total. The van der Waals surface area contributed by atoms with Crippen LogP contribution in [0, 0.1) is 0 Å². The highest BCUT2D eigenvalue weighted by Crippen LogP contribution is 2.16. The Morgan fingerprint density at radius 1 is 1.69 bits per heavy atom. The number of pyridine rings is 1. The highest BCUT2D eigenvalue weighted by atomic mass is 79.9. The molecule has 0 aliphatic heterocycles. The molecule has 0 saturated carbocycles. The van der Waals surface area contributed by atoms with Crippen molar-refractivity contribution in [3.63, 3.8) is 0 Å². The molecule has 4 heteroatoms. The molecule has 0 radical (unpaired) electrons. The van der Waals surface area contributed by atoms with E-state index in [-0.39, 0.29) is 5.78 Å². The van der Waals surface area contributed by atoms with Gasteiger partial charge in [-0.05, 0) is 41.1 Å². The maximum Gasteiger partial charge on any atom is 0.152 e. The minimum atomic E-state index is -0.0145. The summed E-state index contributed by atoms with van der Waals surface area (Å²) < 4.78 is 0.838. The van der Waals surface area contributed by atoms with E-state index < -0.39 is 0 Å². The van der Waals surface area contributed by atoms with Crippen molar-refractivity contribution in [3.05, 3.63) is 28.4 Å². The molecule has 0 bridgehead atoms. The Morgan fingerprint density at radius 2 is 2.38 bits per heavy atom. The zero-order valence-corrected chi connectivity index (χ0v) is 8.71. The van der Waals surface area contributed by atoms with Crippen molar-refractivity contribution in [2.24, 2.45) is 0 Å². The molecular weight excluding hydrogens is 232 g/mol. The summed E-state index contributed by atoms with van der Waals surface area (Å²) in [5.74, 6) is 0.403. The van der Waals surface area contributed by atoms with Crippen LogP contribution in [0.25, 0.3) is 6.08 Å². The fraction of sp³-hybridized carbons (Fsp3) is 0.111. The number of rotatable bonds is 2. The van der Waals surface area contributed by atoms with E-state index in [0.717, 1.165) is 10.0 Å². The summed E-state index contributed by atoms with van der Waals surface area (Å²) in [6.07, 6.45) is 4.72. The van der Waals surface area contributed by atoms with Crippen molar-refractivity contribution in [2.45, 2.75) is 6.92 Å². The van der Waals surface area contributed by atoms with Gasteiger partial charge in [0.1, 0.15) is 5.82 Å². The number of carbonyl (C=O) groups is 1. The number of hydrogen-bond donors (Lipinski definition) is 1. The molecule has 0 unspecified atom stereocenters. The molecule has 0 fully saturated rings. The first-order valence-electron chi connectivity index (χ1n) is 3.69. The molecule has 0 amide bonds. The second-order valence-corrected chi connectivity index (χ2v) is 3.49. The highest BCUT2D eigenvalue weighted by Gasteiger charge is 1.97. The third-order valence-corrected chi connectivity index (χ3v) is 1.85. The molecule has 1 heterocycles. The molecule has 13 heavy (non-hydrogen) atoms. The highest BCUT2D eigenvalue weighted by molar-refractivity contribution is 9.10. The van der Waals surface area contributed by atoms with Gasteiger partial charge in [0.2, 0.25) is 0 Å². The number of hydrogen-bond acceptors (Lipinski definition) is 3. The van der Waals surface area contributed by atoms with Crippen molar-refractivity contribution >= 4 is 33.6 Å². The van der Waals surface area contributed by atoms with Gasteiger partial charge in [0.05, 0.1) is 0 Å². The first-order valence-corrected chi connectivity index (χ1v) is 4.48. The number of allylic oxidation sites excluding steroid dienone is 1. The molecule has 2 N–H and O–H groups in total. The van der Waals surface area contributed by atoms with E-state index in [0.29, 0.717) is 5.82 Å². The first-order chi connectivity index (χ1) is 6.09. The van der Waals surface area contributed by atoms with Gasteiger partial charge in [-0.15, -0.1) is 0 Å². The predicted molar refractivity (Wildman–Crippen MR) is 56.1 cm³/mol. The third-order valence-electron chi connectivity index (χ3n) is 1.41. The topological polar surface area (TPSA) is 56.0 Å². The molecular formula is C9H9BrN2O. The number of nitrogens with two attached hydrogens (primary N) is 1. The van der Waals surface area contributed by atoms with Crippen molar-refractivity contribution in [1.29, 1.82) is 0 Å². The Hall–Kier alpha value is -1.16. The van der Waals surface area contributed by atoms with Crippen molar-refractivity contribution in [3.8, 4) is 0 Å². The molecule has 0 atom stereocenters. The zero-order chi connectivity index (χ0) is 9.84. The van der Waals surface area contributed by atoms with Crippen LogP contribution in [0.5, 0.6) is 0 Å². The van der Waals surface area contributed by atoms with Gasteiger partial charge in [-0.1, -0.05) is 0 Å². The van der Waals surface area contributed by atoms with E-state index in [1.165, 1.54) is 13.0 Å². The van der Waals surface area contributed by atoms with E-state index in [2.05, 4.69) is 20.9 Å². The van der Waals surface area contributed by atoms with E-state index >= 15 is 0 Å². The Kier molecular flexibility index (Phi) is 3.19. The molecule has 0 aliphatic rings. The fourth-order valence-electron chi connectivity index (χ4n) is 0.806. The predicted octanol–water partition coefficient (Wildman–Crippen LogP) is 2.03. The molecule has 0 saturated heterocycles. The average molecular weight is 241 g/mol. The summed E-state index contributed by atoms with van der Waals surface area (Å²) in [5, 5.41) is 0. The quantitative estimate of drug-likeness (QED) is 0.806. The molecule has 0 aromatic carbocycles. The third kappa shape index (κ3) is 2.99. The van der Waals surface area contributed by atoms with Crippen LogP contribution in [0.2, 0.25) is 0 Å². The van der Waals surface area contributed by atoms with Crippen LogP contribution in [0.4, 0.5) is 5.82 Å². The number of anilines is 1. The van der Waals surface area contributed by atoms with Gasteiger partial charge in [0, 0.05) is 16.2 Å². The SMILES string of the molecule is CC(=O)/C=C/c1cc(Br)cnc1N. The Labute approximate surface area is 84.8 Å². The molecule has 1 aromatic rings. The lowest BCUT2D eigenvalue weighted by Gasteiger charge is -1.98. The minimum absolute atomic E-state index is 0.0145. The van der Waals surface area contributed by atoms with E-state index in [1.807, 2.05) is 6.07 Å². The Bertz CT molecular complexity index is 361. The molecule has 0 spiro atoms. The van der Waals surface area contributed by atoms with Gasteiger partial charge in [-0.2, -0.15) is 0 Å². The van der Waals surface area contributed by atoms with E-state index in [9.17, 15) is 4.79 Å². The normalized spacial score (nSPS) is 10.6. The fourth-order valence-corrected chi connectivity index (χ4v) is 1.16. The summed E-state index contributed by atoms with van der Waals surface area (Å²) in [6.45, 7) is 1.48.